The molecule has 3 aromatic rings. The summed E-state index contributed by atoms with van der Waals surface area (Å²) in [7, 11) is 0. The van der Waals surface area contributed by atoms with Crippen LogP contribution in [0.3, 0.4) is 0 Å². The number of esters is 1. The fraction of sp³-hybridized carbons (Fsp3) is 0.250. The van der Waals surface area contributed by atoms with E-state index >= 15 is 0 Å². The molecule has 26 heavy (non-hydrogen) atoms. The van der Waals surface area contributed by atoms with Gasteiger partial charge in [-0.1, -0.05) is 12.1 Å². The molecule has 0 atom stereocenters. The van der Waals surface area contributed by atoms with Crippen molar-refractivity contribution in [3.8, 4) is 0 Å². The molecule has 0 saturated heterocycles. The van der Waals surface area contributed by atoms with Gasteiger partial charge in [-0.3, -0.25) is 4.79 Å². The number of aromatic nitrogens is 1. The van der Waals surface area contributed by atoms with Crippen LogP contribution >= 0.6 is 0 Å². The van der Waals surface area contributed by atoms with Crippen LogP contribution in [0.5, 0.6) is 0 Å². The van der Waals surface area contributed by atoms with E-state index in [9.17, 15) is 9.59 Å². The average molecular weight is 350 g/mol. The van der Waals surface area contributed by atoms with Crippen LogP contribution in [0.15, 0.2) is 39.6 Å². The van der Waals surface area contributed by atoms with Crippen LogP contribution < -0.4 is 11.2 Å². The summed E-state index contributed by atoms with van der Waals surface area (Å²) >= 11 is 0. The predicted molar refractivity (Wildman–Crippen MR) is 100.0 cm³/mol. The van der Waals surface area contributed by atoms with Crippen molar-refractivity contribution in [2.75, 3.05) is 12.3 Å². The van der Waals surface area contributed by atoms with E-state index in [1.54, 1.807) is 13.0 Å². The van der Waals surface area contributed by atoms with Crippen molar-refractivity contribution in [1.82, 2.24) is 4.98 Å². The Morgan fingerprint density at radius 3 is 2.88 bits per heavy atom. The zero-order chi connectivity index (χ0) is 18.3. The monoisotopic (exact) mass is 350 g/mol. The fourth-order valence-corrected chi connectivity index (χ4v) is 3.30. The summed E-state index contributed by atoms with van der Waals surface area (Å²) in [6.07, 6.45) is 5.40. The molecule has 1 aliphatic rings. The van der Waals surface area contributed by atoms with Crippen molar-refractivity contribution in [3.05, 3.63) is 51.7 Å². The van der Waals surface area contributed by atoms with Crippen molar-refractivity contribution in [3.63, 3.8) is 0 Å². The number of pyridine rings is 1. The quantitative estimate of drug-likeness (QED) is 0.572. The van der Waals surface area contributed by atoms with Crippen molar-refractivity contribution in [1.29, 1.82) is 0 Å². The summed E-state index contributed by atoms with van der Waals surface area (Å²) in [4.78, 5) is 29.1. The van der Waals surface area contributed by atoms with Gasteiger partial charge in [0.1, 0.15) is 17.0 Å². The third-order valence-corrected chi connectivity index (χ3v) is 4.60. The highest BCUT2D eigenvalue weighted by atomic mass is 16.5. The molecule has 0 spiro atoms. The zero-order valence-electron chi connectivity index (χ0n) is 14.4. The molecular weight excluding hydrogens is 332 g/mol. The Morgan fingerprint density at radius 2 is 2.15 bits per heavy atom. The Hall–Kier alpha value is -3.15. The zero-order valence-corrected chi connectivity index (χ0v) is 14.4. The van der Waals surface area contributed by atoms with Gasteiger partial charge in [0.05, 0.1) is 17.4 Å². The maximum Gasteiger partial charge on any atom is 0.341 e. The van der Waals surface area contributed by atoms with Gasteiger partial charge in [0.2, 0.25) is 11.1 Å². The molecule has 6 heteroatoms. The lowest BCUT2D eigenvalue weighted by atomic mass is 10.0. The van der Waals surface area contributed by atoms with Gasteiger partial charge in [-0.15, -0.1) is 0 Å². The molecule has 0 radical (unpaired) electrons. The molecule has 0 fully saturated rings. The first kappa shape index (κ1) is 16.3. The molecule has 1 aromatic carbocycles. The number of rotatable bonds is 3. The number of carbonyl (C=O) groups excluding carboxylic acids is 1. The minimum absolute atomic E-state index is 0.0221. The van der Waals surface area contributed by atoms with Gasteiger partial charge in [0.25, 0.3) is 0 Å². The van der Waals surface area contributed by atoms with E-state index in [0.29, 0.717) is 11.0 Å². The van der Waals surface area contributed by atoms with Crippen molar-refractivity contribution in [2.45, 2.75) is 26.2 Å². The lowest BCUT2D eigenvalue weighted by molar-refractivity contribution is 0.0527. The van der Waals surface area contributed by atoms with Crippen LogP contribution in [0.1, 0.15) is 42.1 Å². The van der Waals surface area contributed by atoms with Crippen molar-refractivity contribution < 1.29 is 13.9 Å². The summed E-state index contributed by atoms with van der Waals surface area (Å²) in [5, 5.41) is 0.677. The van der Waals surface area contributed by atoms with Gasteiger partial charge >= 0.3 is 5.97 Å². The minimum atomic E-state index is -0.608. The predicted octanol–water partition coefficient (Wildman–Crippen LogP) is 3.67. The van der Waals surface area contributed by atoms with E-state index in [1.807, 2.05) is 12.1 Å². The first-order valence-corrected chi connectivity index (χ1v) is 8.62. The second-order valence-corrected chi connectivity index (χ2v) is 6.26. The second-order valence-electron chi connectivity index (χ2n) is 6.26. The maximum atomic E-state index is 13.0. The van der Waals surface area contributed by atoms with E-state index in [-0.39, 0.29) is 34.5 Å². The Balaban J connectivity index is 1.94. The topological polar surface area (TPSA) is 95.4 Å². The minimum Gasteiger partial charge on any atom is -0.462 e. The number of benzene rings is 1. The van der Waals surface area contributed by atoms with Gasteiger partial charge in [0.15, 0.2) is 0 Å². The smallest absolute Gasteiger partial charge is 0.341 e. The van der Waals surface area contributed by atoms with Crippen molar-refractivity contribution in [2.24, 2.45) is 0 Å². The molecule has 0 saturated carbocycles. The third-order valence-electron chi connectivity index (χ3n) is 4.60. The molecule has 2 N–H and O–H groups in total. The highest BCUT2D eigenvalue weighted by Gasteiger charge is 2.18. The van der Waals surface area contributed by atoms with Crippen LogP contribution in [-0.4, -0.2) is 17.6 Å². The van der Waals surface area contributed by atoms with Gasteiger partial charge in [0, 0.05) is 0 Å². The Bertz CT molecular complexity index is 1130. The highest BCUT2D eigenvalue weighted by molar-refractivity contribution is 5.99. The molecule has 6 nitrogen and oxygen atoms in total. The molecule has 0 aliphatic heterocycles. The number of hydrogen-bond acceptors (Lipinski definition) is 6. The molecule has 2 aromatic heterocycles. The normalized spacial score (nSPS) is 14.0. The van der Waals surface area contributed by atoms with Gasteiger partial charge < -0.3 is 14.9 Å². The number of carbonyl (C=O) groups is 1. The molecule has 2 heterocycles. The highest BCUT2D eigenvalue weighted by Crippen LogP contribution is 2.30. The largest absolute Gasteiger partial charge is 0.462 e. The van der Waals surface area contributed by atoms with Gasteiger partial charge in [-0.05, 0) is 55.5 Å². The number of nitrogens with two attached hydrogens (primary N) is 1. The van der Waals surface area contributed by atoms with Gasteiger partial charge in [-0.2, -0.15) is 4.98 Å². The Kier molecular flexibility index (Phi) is 3.95. The summed E-state index contributed by atoms with van der Waals surface area (Å²) in [6, 6.07) is 6.98. The molecule has 132 valence electrons. The van der Waals surface area contributed by atoms with E-state index in [2.05, 4.69) is 11.1 Å². The van der Waals surface area contributed by atoms with Crippen LogP contribution in [0.2, 0.25) is 0 Å². The van der Waals surface area contributed by atoms with E-state index in [1.165, 1.54) is 11.6 Å². The standard InChI is InChI=1S/C20H18N2O4/c1-2-25-20(24)15-10-14-17(23)13-9-12(11-5-3-4-6-11)7-8-16(13)26-19(14)22-18(15)21/h5,7-10H,2-4,6H2,1H3,(H2,21,22). The average Bonchev–Trinajstić information content (AvgIpc) is 3.16. The number of hydrogen-bond donors (Lipinski definition) is 1. The molecule has 4 rings (SSSR count). The number of fused-ring (bicyclic) bond motifs is 2. The Labute approximate surface area is 149 Å². The molecule has 0 unspecified atom stereocenters. The number of anilines is 1. The number of nitrogen functional groups attached to an aromatic ring is 1. The van der Waals surface area contributed by atoms with Gasteiger partial charge in [-0.25, -0.2) is 4.79 Å². The molecule has 0 amide bonds. The molecule has 1 aliphatic carbocycles. The summed E-state index contributed by atoms with van der Waals surface area (Å²) in [6.45, 7) is 1.91. The lowest BCUT2D eigenvalue weighted by Crippen LogP contribution is -2.12. The first-order chi connectivity index (χ1) is 12.6. The maximum absolute atomic E-state index is 13.0. The van der Waals surface area contributed by atoms with Crippen LogP contribution in [-0.2, 0) is 4.74 Å². The summed E-state index contributed by atoms with van der Waals surface area (Å²) < 4.78 is 10.7. The van der Waals surface area contributed by atoms with Crippen LogP contribution in [0.25, 0.3) is 27.6 Å². The van der Waals surface area contributed by atoms with E-state index in [0.717, 1.165) is 24.8 Å². The second kappa shape index (κ2) is 6.29. The van der Waals surface area contributed by atoms with Crippen LogP contribution in [0, 0.1) is 0 Å². The van der Waals surface area contributed by atoms with Crippen LogP contribution in [0.4, 0.5) is 5.82 Å². The lowest BCUT2D eigenvalue weighted by Gasteiger charge is -2.08. The van der Waals surface area contributed by atoms with Crippen molar-refractivity contribution >= 4 is 39.4 Å². The first-order valence-electron chi connectivity index (χ1n) is 8.62. The summed E-state index contributed by atoms with van der Waals surface area (Å²) in [5.41, 5.74) is 8.50. The SMILES string of the molecule is CCOC(=O)c1cc2c(=O)c3cc(C4=CCCC4)ccc3oc2nc1N. The molecule has 0 bridgehead atoms. The number of allylic oxidation sites excluding steroid dienone is 2. The molecular formula is C20H18N2O4. The third kappa shape index (κ3) is 2.63. The van der Waals surface area contributed by atoms with E-state index in [4.69, 9.17) is 14.9 Å². The Morgan fingerprint density at radius 1 is 1.31 bits per heavy atom. The fourth-order valence-electron chi connectivity index (χ4n) is 3.30. The van der Waals surface area contributed by atoms with E-state index < -0.39 is 5.97 Å². The number of ether oxygens (including phenoxy) is 1. The number of nitrogens with zero attached hydrogens (tertiary/aromatic N) is 1. The summed E-state index contributed by atoms with van der Waals surface area (Å²) in [5.74, 6) is -0.630.